The first-order valence-electron chi connectivity index (χ1n) is 13.0. The van der Waals surface area contributed by atoms with Crippen molar-refractivity contribution < 1.29 is 13.2 Å². The quantitative estimate of drug-likeness (QED) is 0.282. The molecule has 0 atom stereocenters. The van der Waals surface area contributed by atoms with Crippen LogP contribution in [0.2, 0.25) is 0 Å². The zero-order valence-electron chi connectivity index (χ0n) is 22.0. The van der Waals surface area contributed by atoms with Crippen molar-refractivity contribution in [3.05, 3.63) is 84.1 Å². The van der Waals surface area contributed by atoms with Gasteiger partial charge in [0, 0.05) is 35.2 Å². The number of sulfonamides is 1. The summed E-state index contributed by atoms with van der Waals surface area (Å²) < 4.78 is 29.1. The topological polar surface area (TPSA) is 94.3 Å². The SMILES string of the molecule is CC(C)(C)c1ccc(S(=O)(=O)Nc2ccc3[nH]c(C(=O)NN4CCCCC4)c(-c4ccccc4)c3c2)cc1. The van der Waals surface area contributed by atoms with Crippen molar-refractivity contribution in [2.45, 2.75) is 50.3 Å². The molecule has 1 amide bonds. The lowest BCUT2D eigenvalue weighted by Gasteiger charge is -2.26. The number of amides is 1. The number of carbonyl (C=O) groups excluding carboxylic acids is 1. The summed E-state index contributed by atoms with van der Waals surface area (Å²) in [4.78, 5) is 16.9. The lowest BCUT2D eigenvalue weighted by Crippen LogP contribution is -2.45. The Morgan fingerprint density at radius 1 is 0.895 bits per heavy atom. The predicted octanol–water partition coefficient (Wildman–Crippen LogP) is 6.06. The van der Waals surface area contributed by atoms with Gasteiger partial charge in [0.05, 0.1) is 4.90 Å². The molecule has 0 unspecified atom stereocenters. The molecular formula is C30H34N4O3S. The van der Waals surface area contributed by atoms with Crippen LogP contribution >= 0.6 is 0 Å². The van der Waals surface area contributed by atoms with E-state index in [1.165, 1.54) is 6.42 Å². The molecule has 3 N–H and O–H groups in total. The van der Waals surface area contributed by atoms with Crippen LogP contribution in [0.5, 0.6) is 0 Å². The summed E-state index contributed by atoms with van der Waals surface area (Å²) in [5, 5.41) is 2.74. The number of carbonyl (C=O) groups is 1. The van der Waals surface area contributed by atoms with Gasteiger partial charge in [-0.25, -0.2) is 13.4 Å². The third-order valence-electron chi connectivity index (χ3n) is 6.99. The number of hydrogen-bond acceptors (Lipinski definition) is 4. The highest BCUT2D eigenvalue weighted by Gasteiger charge is 2.23. The van der Waals surface area contributed by atoms with Crippen molar-refractivity contribution >= 4 is 32.5 Å². The monoisotopic (exact) mass is 530 g/mol. The maximum atomic E-state index is 13.4. The number of nitrogens with one attached hydrogen (secondary N) is 3. The van der Waals surface area contributed by atoms with Crippen LogP contribution in [0.25, 0.3) is 22.0 Å². The molecule has 1 aromatic heterocycles. The van der Waals surface area contributed by atoms with Crippen molar-refractivity contribution in [1.82, 2.24) is 15.4 Å². The fraction of sp³-hybridized carbons (Fsp3) is 0.300. The largest absolute Gasteiger partial charge is 0.350 e. The fourth-order valence-corrected chi connectivity index (χ4v) is 5.93. The molecule has 2 heterocycles. The molecule has 0 bridgehead atoms. The normalized spacial score (nSPS) is 14.9. The molecule has 0 saturated carbocycles. The first-order chi connectivity index (χ1) is 18.1. The van der Waals surface area contributed by atoms with Gasteiger partial charge in [-0.2, -0.15) is 0 Å². The summed E-state index contributed by atoms with van der Waals surface area (Å²) in [7, 11) is -3.80. The van der Waals surface area contributed by atoms with E-state index in [2.05, 4.69) is 35.9 Å². The Morgan fingerprint density at radius 2 is 1.58 bits per heavy atom. The molecule has 198 valence electrons. The third kappa shape index (κ3) is 5.47. The molecule has 0 radical (unpaired) electrons. The molecule has 1 fully saturated rings. The number of rotatable bonds is 6. The lowest BCUT2D eigenvalue weighted by atomic mass is 9.87. The number of anilines is 1. The van der Waals surface area contributed by atoms with E-state index in [1.807, 2.05) is 47.5 Å². The standard InChI is InChI=1S/C30H34N4O3S/c1-30(2,3)22-12-15-24(16-13-22)38(36,37)33-23-14-17-26-25(20-23)27(21-10-6-4-7-11-21)28(31-26)29(35)32-34-18-8-5-9-19-34/h4,6-7,10-17,20,31,33H,5,8-9,18-19H2,1-3H3,(H,32,35). The molecule has 1 saturated heterocycles. The Morgan fingerprint density at radius 3 is 2.24 bits per heavy atom. The van der Waals surface area contributed by atoms with E-state index >= 15 is 0 Å². The average Bonchev–Trinajstić information content (AvgIpc) is 3.28. The van der Waals surface area contributed by atoms with Crippen molar-refractivity contribution in [1.29, 1.82) is 0 Å². The second-order valence-corrected chi connectivity index (χ2v) is 12.6. The van der Waals surface area contributed by atoms with Gasteiger partial charge < -0.3 is 4.98 Å². The Labute approximate surface area is 224 Å². The Kier molecular flexibility index (Phi) is 7.03. The van der Waals surface area contributed by atoms with Gasteiger partial charge in [-0.15, -0.1) is 0 Å². The van der Waals surface area contributed by atoms with Crippen LogP contribution in [0.15, 0.2) is 77.7 Å². The molecule has 1 aliphatic rings. The number of fused-ring (bicyclic) bond motifs is 1. The smallest absolute Gasteiger partial charge is 0.282 e. The Hall–Kier alpha value is -3.62. The minimum Gasteiger partial charge on any atom is -0.350 e. The van der Waals surface area contributed by atoms with Gasteiger partial charge in [-0.3, -0.25) is 14.9 Å². The fourth-order valence-electron chi connectivity index (χ4n) is 4.88. The maximum absolute atomic E-state index is 13.4. The van der Waals surface area contributed by atoms with E-state index in [1.54, 1.807) is 30.3 Å². The van der Waals surface area contributed by atoms with Crippen molar-refractivity contribution in [2.24, 2.45) is 0 Å². The van der Waals surface area contributed by atoms with Crippen LogP contribution in [0.3, 0.4) is 0 Å². The molecule has 3 aromatic carbocycles. The first-order valence-corrected chi connectivity index (χ1v) is 14.5. The third-order valence-corrected chi connectivity index (χ3v) is 8.38. The predicted molar refractivity (Wildman–Crippen MR) is 153 cm³/mol. The van der Waals surface area contributed by atoms with E-state index in [-0.39, 0.29) is 16.2 Å². The zero-order valence-corrected chi connectivity index (χ0v) is 22.9. The molecule has 8 heteroatoms. The van der Waals surface area contributed by atoms with Gasteiger partial charge in [-0.05, 0) is 59.7 Å². The lowest BCUT2D eigenvalue weighted by molar-refractivity contribution is 0.0746. The van der Waals surface area contributed by atoms with Crippen LogP contribution in [0.4, 0.5) is 5.69 Å². The van der Waals surface area contributed by atoms with E-state index in [4.69, 9.17) is 0 Å². The molecule has 4 aromatic rings. The summed E-state index contributed by atoms with van der Waals surface area (Å²) >= 11 is 0. The number of aromatic amines is 1. The van der Waals surface area contributed by atoms with E-state index < -0.39 is 10.0 Å². The van der Waals surface area contributed by atoms with Crippen LogP contribution in [-0.2, 0) is 15.4 Å². The van der Waals surface area contributed by atoms with Crippen LogP contribution < -0.4 is 10.1 Å². The molecule has 5 rings (SSSR count). The number of H-pyrrole nitrogens is 1. The number of nitrogens with zero attached hydrogens (tertiary/aromatic N) is 1. The number of aromatic nitrogens is 1. The zero-order chi connectivity index (χ0) is 26.9. The van der Waals surface area contributed by atoms with E-state index in [0.717, 1.165) is 53.5 Å². The molecule has 1 aliphatic heterocycles. The molecule has 7 nitrogen and oxygen atoms in total. The highest BCUT2D eigenvalue weighted by molar-refractivity contribution is 7.92. The van der Waals surface area contributed by atoms with Gasteiger partial charge in [0.15, 0.2) is 0 Å². The number of benzene rings is 3. The highest BCUT2D eigenvalue weighted by Crippen LogP contribution is 2.35. The van der Waals surface area contributed by atoms with Gasteiger partial charge >= 0.3 is 0 Å². The number of piperidine rings is 1. The summed E-state index contributed by atoms with van der Waals surface area (Å²) in [5.74, 6) is -0.206. The highest BCUT2D eigenvalue weighted by atomic mass is 32.2. The van der Waals surface area contributed by atoms with Gasteiger partial charge in [-0.1, -0.05) is 69.7 Å². The van der Waals surface area contributed by atoms with Crippen molar-refractivity contribution in [3.8, 4) is 11.1 Å². The summed E-state index contributed by atoms with van der Waals surface area (Å²) in [6.07, 6.45) is 3.29. The molecule has 0 aliphatic carbocycles. The Bertz CT molecular complexity index is 1550. The molecule has 38 heavy (non-hydrogen) atoms. The second kappa shape index (κ2) is 10.3. The van der Waals surface area contributed by atoms with Gasteiger partial charge in [0.1, 0.15) is 5.69 Å². The van der Waals surface area contributed by atoms with Crippen LogP contribution in [-0.4, -0.2) is 37.4 Å². The van der Waals surface area contributed by atoms with Gasteiger partial charge in [0.2, 0.25) is 0 Å². The molecule has 0 spiro atoms. The number of hydrogen-bond donors (Lipinski definition) is 3. The van der Waals surface area contributed by atoms with Crippen molar-refractivity contribution in [2.75, 3.05) is 17.8 Å². The maximum Gasteiger partial charge on any atom is 0.282 e. The van der Waals surface area contributed by atoms with Crippen molar-refractivity contribution in [3.63, 3.8) is 0 Å². The number of hydrazine groups is 1. The van der Waals surface area contributed by atoms with E-state index in [0.29, 0.717) is 11.4 Å². The van der Waals surface area contributed by atoms with Crippen LogP contribution in [0.1, 0.15) is 56.1 Å². The minimum absolute atomic E-state index is 0.0686. The van der Waals surface area contributed by atoms with E-state index in [9.17, 15) is 13.2 Å². The molecular weight excluding hydrogens is 496 g/mol. The minimum atomic E-state index is -3.80. The summed E-state index contributed by atoms with van der Waals surface area (Å²) in [6, 6.07) is 22.0. The second-order valence-electron chi connectivity index (χ2n) is 10.9. The average molecular weight is 531 g/mol. The van der Waals surface area contributed by atoms with Gasteiger partial charge in [0.25, 0.3) is 15.9 Å². The Balaban J connectivity index is 1.50. The summed E-state index contributed by atoms with van der Waals surface area (Å²) in [5.41, 5.74) is 7.29. The first kappa shape index (κ1) is 26.0. The summed E-state index contributed by atoms with van der Waals surface area (Å²) in [6.45, 7) is 7.93. The van der Waals surface area contributed by atoms with Crippen LogP contribution in [0, 0.1) is 0 Å².